The normalized spacial score (nSPS) is 11.0. The van der Waals surface area contributed by atoms with Crippen molar-refractivity contribution in [1.82, 2.24) is 5.43 Å². The van der Waals surface area contributed by atoms with Crippen LogP contribution in [0.4, 0.5) is 11.4 Å². The van der Waals surface area contributed by atoms with E-state index < -0.39 is 27.1 Å². The number of benzene rings is 2. The first kappa shape index (κ1) is 18.7. The molecule has 0 saturated heterocycles. The lowest BCUT2D eigenvalue weighted by Crippen LogP contribution is -2.22. The van der Waals surface area contributed by atoms with Gasteiger partial charge in [0.2, 0.25) is 5.91 Å². The van der Waals surface area contributed by atoms with E-state index >= 15 is 0 Å². The lowest BCUT2D eigenvalue weighted by molar-refractivity contribution is -0.394. The average molecular weight is 356 g/mol. The van der Waals surface area contributed by atoms with Crippen molar-refractivity contribution in [3.8, 4) is 0 Å². The van der Waals surface area contributed by atoms with Crippen molar-refractivity contribution in [2.24, 2.45) is 5.10 Å². The average Bonchev–Trinajstić information content (AvgIpc) is 2.61. The zero-order chi connectivity index (χ0) is 19.1. The van der Waals surface area contributed by atoms with Crippen LogP contribution in [0.25, 0.3) is 0 Å². The number of nitrogens with zero attached hydrogens (tertiary/aromatic N) is 3. The van der Waals surface area contributed by atoms with Crippen LogP contribution < -0.4 is 5.43 Å². The maximum Gasteiger partial charge on any atom is 0.279 e. The SMILES string of the molecule is C/C(Cc1ccccc1)=N\NC(=O)Cc1ccc([N+](=O)[O-])cc1[N+](=O)[O-]. The standard InChI is InChI=1S/C17H16N4O5/c1-12(9-13-5-3-2-4-6-13)18-19-17(22)10-14-7-8-15(20(23)24)11-16(14)21(25)26/h2-8,11H,9-10H2,1H3,(H,19,22)/b18-12+. The number of rotatable bonds is 7. The Bertz CT molecular complexity index is 865. The molecule has 0 aliphatic carbocycles. The summed E-state index contributed by atoms with van der Waals surface area (Å²) in [5.41, 5.74) is 3.25. The summed E-state index contributed by atoms with van der Waals surface area (Å²) in [5.74, 6) is -0.547. The predicted molar refractivity (Wildman–Crippen MR) is 94.9 cm³/mol. The minimum Gasteiger partial charge on any atom is -0.273 e. The summed E-state index contributed by atoms with van der Waals surface area (Å²) in [6, 6.07) is 12.7. The molecule has 0 radical (unpaired) electrons. The van der Waals surface area contributed by atoms with Crippen LogP contribution in [-0.2, 0) is 17.6 Å². The number of nitro benzene ring substituents is 2. The number of hydrogen-bond donors (Lipinski definition) is 1. The molecule has 2 rings (SSSR count). The van der Waals surface area contributed by atoms with E-state index in [0.29, 0.717) is 12.1 Å². The Morgan fingerprint density at radius 1 is 1.04 bits per heavy atom. The maximum atomic E-state index is 12.0. The Hall–Kier alpha value is -3.62. The number of hydrazone groups is 1. The molecule has 0 aliphatic rings. The largest absolute Gasteiger partial charge is 0.279 e. The zero-order valence-electron chi connectivity index (χ0n) is 13.9. The first-order valence-corrected chi connectivity index (χ1v) is 7.64. The molecule has 1 N–H and O–H groups in total. The highest BCUT2D eigenvalue weighted by molar-refractivity contribution is 5.86. The molecule has 0 saturated carbocycles. The fourth-order valence-corrected chi connectivity index (χ4v) is 2.29. The molecule has 0 unspecified atom stereocenters. The molecule has 0 spiro atoms. The summed E-state index contributed by atoms with van der Waals surface area (Å²) in [6.45, 7) is 1.75. The smallest absolute Gasteiger partial charge is 0.273 e. The Kier molecular flexibility index (Phi) is 6.10. The van der Waals surface area contributed by atoms with Gasteiger partial charge in [0.15, 0.2) is 0 Å². The number of non-ortho nitro benzene ring substituents is 1. The van der Waals surface area contributed by atoms with Crippen molar-refractivity contribution in [1.29, 1.82) is 0 Å². The fraction of sp³-hybridized carbons (Fsp3) is 0.176. The van der Waals surface area contributed by atoms with E-state index in [9.17, 15) is 25.0 Å². The van der Waals surface area contributed by atoms with Crippen LogP contribution in [0.3, 0.4) is 0 Å². The molecule has 0 bridgehead atoms. The molecule has 0 fully saturated rings. The van der Waals surface area contributed by atoms with Crippen LogP contribution in [-0.4, -0.2) is 21.5 Å². The first-order chi connectivity index (χ1) is 12.4. The van der Waals surface area contributed by atoms with Gasteiger partial charge < -0.3 is 0 Å². The number of carbonyl (C=O) groups is 1. The second-order valence-corrected chi connectivity index (χ2v) is 5.55. The van der Waals surface area contributed by atoms with E-state index in [4.69, 9.17) is 0 Å². The number of hydrogen-bond acceptors (Lipinski definition) is 6. The molecule has 0 aromatic heterocycles. The van der Waals surface area contributed by atoms with Crippen molar-refractivity contribution in [3.63, 3.8) is 0 Å². The van der Waals surface area contributed by atoms with Gasteiger partial charge in [-0.05, 0) is 18.6 Å². The Balaban J connectivity index is 2.04. The third-order valence-corrected chi connectivity index (χ3v) is 3.50. The van der Waals surface area contributed by atoms with Crippen LogP contribution in [0.15, 0.2) is 53.6 Å². The second-order valence-electron chi connectivity index (χ2n) is 5.55. The molecule has 1 amide bonds. The summed E-state index contributed by atoms with van der Waals surface area (Å²) in [7, 11) is 0. The molecule has 9 nitrogen and oxygen atoms in total. The van der Waals surface area contributed by atoms with Crippen LogP contribution in [0.1, 0.15) is 18.1 Å². The van der Waals surface area contributed by atoms with Gasteiger partial charge in [-0.25, -0.2) is 5.43 Å². The Morgan fingerprint density at radius 3 is 2.35 bits per heavy atom. The Labute approximate surface area is 148 Å². The summed E-state index contributed by atoms with van der Waals surface area (Å²) in [5, 5.41) is 25.8. The second kappa shape index (κ2) is 8.47. The highest BCUT2D eigenvalue weighted by Gasteiger charge is 2.21. The topological polar surface area (TPSA) is 128 Å². The van der Waals surface area contributed by atoms with E-state index in [1.54, 1.807) is 6.92 Å². The summed E-state index contributed by atoms with van der Waals surface area (Å²) < 4.78 is 0. The number of amides is 1. The lowest BCUT2D eigenvalue weighted by Gasteiger charge is -2.04. The number of carbonyl (C=O) groups excluding carboxylic acids is 1. The van der Waals surface area contributed by atoms with Crippen molar-refractivity contribution in [2.75, 3.05) is 0 Å². The van der Waals surface area contributed by atoms with Gasteiger partial charge in [0.05, 0.1) is 22.3 Å². The first-order valence-electron chi connectivity index (χ1n) is 7.64. The van der Waals surface area contributed by atoms with Gasteiger partial charge in [-0.3, -0.25) is 25.0 Å². The van der Waals surface area contributed by atoms with Crippen molar-refractivity contribution >= 4 is 23.0 Å². The summed E-state index contributed by atoms with van der Waals surface area (Å²) in [4.78, 5) is 32.3. The molecule has 0 atom stereocenters. The summed E-state index contributed by atoms with van der Waals surface area (Å²) >= 11 is 0. The van der Waals surface area contributed by atoms with Crippen LogP contribution >= 0.6 is 0 Å². The van der Waals surface area contributed by atoms with E-state index in [0.717, 1.165) is 17.7 Å². The fourth-order valence-electron chi connectivity index (χ4n) is 2.29. The summed E-state index contributed by atoms with van der Waals surface area (Å²) in [6.07, 6.45) is 0.245. The highest BCUT2D eigenvalue weighted by Crippen LogP contribution is 2.24. The maximum absolute atomic E-state index is 12.0. The molecule has 9 heteroatoms. The van der Waals surface area contributed by atoms with E-state index in [1.165, 1.54) is 6.07 Å². The number of nitro groups is 2. The van der Waals surface area contributed by atoms with Crippen LogP contribution in [0, 0.1) is 20.2 Å². The van der Waals surface area contributed by atoms with Crippen LogP contribution in [0.2, 0.25) is 0 Å². The van der Waals surface area contributed by atoms with Gasteiger partial charge in [-0.1, -0.05) is 30.3 Å². The van der Waals surface area contributed by atoms with Gasteiger partial charge in [-0.15, -0.1) is 0 Å². The van der Waals surface area contributed by atoms with E-state index in [1.807, 2.05) is 30.3 Å². The van der Waals surface area contributed by atoms with Crippen molar-refractivity contribution < 1.29 is 14.6 Å². The van der Waals surface area contributed by atoms with E-state index in [-0.39, 0.29) is 12.0 Å². The molecule has 0 heterocycles. The highest BCUT2D eigenvalue weighted by atomic mass is 16.6. The lowest BCUT2D eigenvalue weighted by atomic mass is 10.1. The molecule has 26 heavy (non-hydrogen) atoms. The van der Waals surface area contributed by atoms with Crippen LogP contribution in [0.5, 0.6) is 0 Å². The molecular formula is C17H16N4O5. The molecule has 134 valence electrons. The Morgan fingerprint density at radius 2 is 1.73 bits per heavy atom. The molecule has 2 aromatic rings. The quantitative estimate of drug-likeness (QED) is 0.463. The monoisotopic (exact) mass is 356 g/mol. The molecule has 0 aliphatic heterocycles. The minimum atomic E-state index is -0.750. The molecular weight excluding hydrogens is 340 g/mol. The number of nitrogens with one attached hydrogen (secondary N) is 1. The minimum absolute atomic E-state index is 0.0778. The molecule has 2 aromatic carbocycles. The van der Waals surface area contributed by atoms with Crippen molar-refractivity contribution in [3.05, 3.63) is 79.9 Å². The van der Waals surface area contributed by atoms with Crippen molar-refractivity contribution in [2.45, 2.75) is 19.8 Å². The van der Waals surface area contributed by atoms with Gasteiger partial charge >= 0.3 is 0 Å². The van der Waals surface area contributed by atoms with Gasteiger partial charge in [0.1, 0.15) is 0 Å². The van der Waals surface area contributed by atoms with Gasteiger partial charge in [0.25, 0.3) is 11.4 Å². The van der Waals surface area contributed by atoms with Gasteiger partial charge in [0, 0.05) is 23.8 Å². The third kappa shape index (κ3) is 5.20. The zero-order valence-corrected chi connectivity index (χ0v) is 13.9. The van der Waals surface area contributed by atoms with E-state index in [2.05, 4.69) is 10.5 Å². The van der Waals surface area contributed by atoms with Gasteiger partial charge in [-0.2, -0.15) is 5.10 Å². The predicted octanol–water partition coefficient (Wildman–Crippen LogP) is 2.78. The third-order valence-electron chi connectivity index (χ3n) is 3.50.